The zero-order chi connectivity index (χ0) is 31.6. The van der Waals surface area contributed by atoms with Crippen molar-refractivity contribution < 1.29 is 32.5 Å². The summed E-state index contributed by atoms with van der Waals surface area (Å²) in [6.45, 7) is 0.104. The van der Waals surface area contributed by atoms with E-state index >= 15 is 0 Å². The van der Waals surface area contributed by atoms with Gasteiger partial charge in [-0.1, -0.05) is 36.4 Å². The van der Waals surface area contributed by atoms with Crippen molar-refractivity contribution in [2.75, 3.05) is 7.11 Å². The fraction of sp³-hybridized carbons (Fsp3) is 0.0968. The molecule has 5 rings (SSSR count). The highest BCUT2D eigenvalue weighted by molar-refractivity contribution is 9.13. The standard InChI is InChI=1S/C31H20Br2F3N3O5/c1-43-24-14-20(25(32)26(33)27(24)44-16-17-9-11-18(12-10-17)30(41)42)15-37-39-28(19-5-4-6-21(13-19)31(34,35)36)38-23-8-3-2-7-22(23)29(39)40/h2-15H,16H2,1H3,(H,41,42). The molecule has 8 nitrogen and oxygen atoms in total. The molecular formula is C31H20Br2F3N3O5. The number of hydrogen-bond acceptors (Lipinski definition) is 6. The number of alkyl halides is 3. The fourth-order valence-electron chi connectivity index (χ4n) is 4.26. The van der Waals surface area contributed by atoms with E-state index in [0.29, 0.717) is 31.5 Å². The Morgan fingerprint density at radius 3 is 2.43 bits per heavy atom. The van der Waals surface area contributed by atoms with E-state index in [1.165, 1.54) is 37.6 Å². The van der Waals surface area contributed by atoms with Crippen molar-refractivity contribution in [3.8, 4) is 22.9 Å². The van der Waals surface area contributed by atoms with Crippen molar-refractivity contribution in [1.82, 2.24) is 9.66 Å². The number of aromatic nitrogens is 2. The van der Waals surface area contributed by atoms with E-state index in [1.807, 2.05) is 0 Å². The Kier molecular flexibility index (Phi) is 8.88. The van der Waals surface area contributed by atoms with Gasteiger partial charge < -0.3 is 14.6 Å². The van der Waals surface area contributed by atoms with E-state index in [1.54, 1.807) is 42.5 Å². The number of aromatic carboxylic acids is 1. The van der Waals surface area contributed by atoms with E-state index in [0.717, 1.165) is 22.4 Å². The summed E-state index contributed by atoms with van der Waals surface area (Å²) in [6, 6.07) is 18.8. The lowest BCUT2D eigenvalue weighted by Gasteiger charge is -2.16. The van der Waals surface area contributed by atoms with Crippen LogP contribution in [-0.4, -0.2) is 34.1 Å². The highest BCUT2D eigenvalue weighted by Gasteiger charge is 2.31. The molecule has 0 unspecified atom stereocenters. The second kappa shape index (κ2) is 12.6. The molecule has 44 heavy (non-hydrogen) atoms. The normalized spacial score (nSPS) is 11.7. The molecule has 1 N–H and O–H groups in total. The maximum absolute atomic E-state index is 13.5. The number of para-hydroxylation sites is 1. The second-order valence-electron chi connectivity index (χ2n) is 9.31. The van der Waals surface area contributed by atoms with Crippen molar-refractivity contribution in [2.45, 2.75) is 12.8 Å². The van der Waals surface area contributed by atoms with Crippen LogP contribution < -0.4 is 15.0 Å². The number of nitrogens with zero attached hydrogens (tertiary/aromatic N) is 3. The van der Waals surface area contributed by atoms with Gasteiger partial charge in [0.2, 0.25) is 0 Å². The Hall–Kier alpha value is -4.49. The van der Waals surface area contributed by atoms with Gasteiger partial charge in [0.05, 0.1) is 39.8 Å². The predicted octanol–water partition coefficient (Wildman–Crippen LogP) is 7.78. The zero-order valence-corrected chi connectivity index (χ0v) is 25.8. The molecule has 0 saturated heterocycles. The molecule has 0 saturated carbocycles. The minimum atomic E-state index is -4.60. The first-order chi connectivity index (χ1) is 21.0. The number of fused-ring (bicyclic) bond motifs is 1. The van der Waals surface area contributed by atoms with Crippen LogP contribution in [0.3, 0.4) is 0 Å². The van der Waals surface area contributed by atoms with E-state index in [9.17, 15) is 22.8 Å². The lowest BCUT2D eigenvalue weighted by Crippen LogP contribution is -2.20. The third kappa shape index (κ3) is 6.38. The molecule has 1 aromatic heterocycles. The zero-order valence-electron chi connectivity index (χ0n) is 22.6. The Bertz CT molecular complexity index is 1980. The van der Waals surface area contributed by atoms with Crippen LogP contribution >= 0.6 is 31.9 Å². The summed E-state index contributed by atoms with van der Waals surface area (Å²) in [5, 5.41) is 13.7. The number of hydrogen-bond donors (Lipinski definition) is 1. The molecule has 0 aliphatic carbocycles. The van der Waals surface area contributed by atoms with Gasteiger partial charge in [-0.05, 0) is 79.9 Å². The molecule has 0 bridgehead atoms. The first-order valence-corrected chi connectivity index (χ1v) is 14.3. The number of methoxy groups -OCH3 is 1. The van der Waals surface area contributed by atoms with Gasteiger partial charge in [0.15, 0.2) is 17.3 Å². The van der Waals surface area contributed by atoms with Gasteiger partial charge in [-0.3, -0.25) is 4.79 Å². The molecular weight excluding hydrogens is 711 g/mol. The second-order valence-corrected chi connectivity index (χ2v) is 10.9. The highest BCUT2D eigenvalue weighted by Crippen LogP contribution is 2.42. The maximum atomic E-state index is 13.5. The van der Waals surface area contributed by atoms with Gasteiger partial charge >= 0.3 is 12.1 Å². The van der Waals surface area contributed by atoms with Crippen LogP contribution in [0.5, 0.6) is 11.5 Å². The number of halogens is 5. The largest absolute Gasteiger partial charge is 0.493 e. The number of benzene rings is 4. The van der Waals surface area contributed by atoms with Gasteiger partial charge in [-0.25, -0.2) is 9.78 Å². The molecule has 0 radical (unpaired) electrons. The Labute approximate surface area is 264 Å². The molecule has 1 heterocycles. The van der Waals surface area contributed by atoms with Crippen molar-refractivity contribution >= 4 is 54.9 Å². The summed E-state index contributed by atoms with van der Waals surface area (Å²) in [7, 11) is 1.44. The van der Waals surface area contributed by atoms with Crippen LogP contribution in [0.25, 0.3) is 22.3 Å². The van der Waals surface area contributed by atoms with Crippen molar-refractivity contribution in [3.05, 3.63) is 120 Å². The van der Waals surface area contributed by atoms with Crippen molar-refractivity contribution in [1.29, 1.82) is 0 Å². The molecule has 13 heteroatoms. The summed E-state index contributed by atoms with van der Waals surface area (Å²) in [5.74, 6) is -0.461. The van der Waals surface area contributed by atoms with Gasteiger partial charge in [0.25, 0.3) is 5.56 Å². The van der Waals surface area contributed by atoms with Crippen LogP contribution in [0.2, 0.25) is 0 Å². The lowest BCUT2D eigenvalue weighted by atomic mass is 10.1. The van der Waals surface area contributed by atoms with Gasteiger partial charge in [-0.15, -0.1) is 0 Å². The fourth-order valence-corrected chi connectivity index (χ4v) is 5.19. The molecule has 0 aliphatic heterocycles. The van der Waals surface area contributed by atoms with Crippen LogP contribution in [0.15, 0.2) is 97.7 Å². The highest BCUT2D eigenvalue weighted by atomic mass is 79.9. The average molecular weight is 731 g/mol. The lowest BCUT2D eigenvalue weighted by molar-refractivity contribution is -0.137. The number of carbonyl (C=O) groups is 1. The molecule has 4 aromatic carbocycles. The van der Waals surface area contributed by atoms with E-state index in [-0.39, 0.29) is 28.9 Å². The summed E-state index contributed by atoms with van der Waals surface area (Å²) in [6.07, 6.45) is -3.25. The quantitative estimate of drug-likeness (QED) is 0.164. The smallest absolute Gasteiger partial charge is 0.416 e. The first-order valence-electron chi connectivity index (χ1n) is 12.7. The average Bonchev–Trinajstić information content (AvgIpc) is 3.01. The molecule has 0 aliphatic rings. The maximum Gasteiger partial charge on any atom is 0.416 e. The predicted molar refractivity (Wildman–Crippen MR) is 166 cm³/mol. The topological polar surface area (TPSA) is 103 Å². The minimum absolute atomic E-state index is 0.0535. The first kappa shape index (κ1) is 31.0. The van der Waals surface area contributed by atoms with Gasteiger partial charge in [0.1, 0.15) is 6.61 Å². The summed E-state index contributed by atoms with van der Waals surface area (Å²) in [5.41, 5.74) is 0.209. The van der Waals surface area contributed by atoms with E-state index < -0.39 is 23.3 Å². The Morgan fingerprint density at radius 2 is 1.75 bits per heavy atom. The molecule has 5 aromatic rings. The SMILES string of the molecule is COc1cc(C=Nn2c(-c3cccc(C(F)(F)F)c3)nc3ccccc3c2=O)c(Br)c(Br)c1OCc1ccc(C(=O)O)cc1. The molecule has 0 atom stereocenters. The third-order valence-corrected chi connectivity index (χ3v) is 8.62. The van der Waals surface area contributed by atoms with Crippen LogP contribution in [0, 0.1) is 0 Å². The van der Waals surface area contributed by atoms with Gasteiger partial charge in [-0.2, -0.15) is 22.9 Å². The van der Waals surface area contributed by atoms with E-state index in [2.05, 4.69) is 41.9 Å². The van der Waals surface area contributed by atoms with Crippen LogP contribution in [-0.2, 0) is 12.8 Å². The third-order valence-electron chi connectivity index (χ3n) is 6.47. The summed E-state index contributed by atoms with van der Waals surface area (Å²) >= 11 is 7.01. The van der Waals surface area contributed by atoms with Crippen molar-refractivity contribution in [3.63, 3.8) is 0 Å². The van der Waals surface area contributed by atoms with Crippen LogP contribution in [0.1, 0.15) is 27.0 Å². The van der Waals surface area contributed by atoms with Crippen LogP contribution in [0.4, 0.5) is 13.2 Å². The molecule has 0 spiro atoms. The molecule has 0 amide bonds. The van der Waals surface area contributed by atoms with Crippen molar-refractivity contribution in [2.24, 2.45) is 5.10 Å². The summed E-state index contributed by atoms with van der Waals surface area (Å²) < 4.78 is 53.9. The summed E-state index contributed by atoms with van der Waals surface area (Å²) in [4.78, 5) is 29.1. The number of carboxylic acid groups (broad SMARTS) is 1. The molecule has 0 fully saturated rings. The van der Waals surface area contributed by atoms with Gasteiger partial charge in [0, 0.05) is 15.6 Å². The monoisotopic (exact) mass is 729 g/mol. The Morgan fingerprint density at radius 1 is 1.02 bits per heavy atom. The Balaban J connectivity index is 1.55. The minimum Gasteiger partial charge on any atom is -0.493 e. The molecule has 224 valence electrons. The number of carboxylic acids is 1. The number of ether oxygens (including phenoxy) is 2. The van der Waals surface area contributed by atoms with E-state index in [4.69, 9.17) is 14.6 Å². The number of rotatable bonds is 8.